The van der Waals surface area contributed by atoms with Crippen molar-refractivity contribution in [3.63, 3.8) is 0 Å². The van der Waals surface area contributed by atoms with Crippen LogP contribution in [0.1, 0.15) is 35.7 Å². The molecule has 0 spiro atoms. The number of nitrogens with zero attached hydrogens (tertiary/aromatic N) is 1. The quantitative estimate of drug-likeness (QED) is 0.724. The number of carbonyl (C=O) groups is 2. The van der Waals surface area contributed by atoms with Crippen LogP contribution in [0.2, 0.25) is 0 Å². The summed E-state index contributed by atoms with van der Waals surface area (Å²) in [7, 11) is 0. The second-order valence-electron chi connectivity index (χ2n) is 5.63. The van der Waals surface area contributed by atoms with Gasteiger partial charge in [-0.3, -0.25) is 9.59 Å². The molecule has 6 heteroatoms. The highest BCUT2D eigenvalue weighted by Gasteiger charge is 2.09. The number of pyridine rings is 1. The molecule has 2 N–H and O–H groups in total. The molecule has 0 aliphatic carbocycles. The fraction of sp³-hybridized carbons (Fsp3) is 0.316. The number of anilines is 1. The molecule has 0 atom stereocenters. The number of amides is 2. The van der Waals surface area contributed by atoms with Crippen LogP contribution in [-0.2, 0) is 4.79 Å². The Kier molecular flexibility index (Phi) is 6.95. The standard InChI is InChI=1S/C19H23N3O3/c1-3-4-12-25-16-9-7-15(8-10-16)19(24)21-13-17(23)22-18-14(2)6-5-11-20-18/h5-11H,3-4,12-13H2,1-2H3,(H,21,24)(H,20,22,23). The molecule has 2 rings (SSSR count). The van der Waals surface area contributed by atoms with Gasteiger partial charge < -0.3 is 15.4 Å². The largest absolute Gasteiger partial charge is 0.494 e. The number of aryl methyl sites for hydroxylation is 1. The molecule has 2 aromatic rings. The number of benzene rings is 1. The maximum atomic E-state index is 12.1. The number of rotatable bonds is 8. The van der Waals surface area contributed by atoms with E-state index in [1.165, 1.54) is 0 Å². The lowest BCUT2D eigenvalue weighted by Gasteiger charge is -2.09. The van der Waals surface area contributed by atoms with Crippen LogP contribution in [0.4, 0.5) is 5.82 Å². The summed E-state index contributed by atoms with van der Waals surface area (Å²) in [5, 5.41) is 5.26. The summed E-state index contributed by atoms with van der Waals surface area (Å²) < 4.78 is 5.55. The topological polar surface area (TPSA) is 80.3 Å². The van der Waals surface area contributed by atoms with Crippen molar-refractivity contribution in [2.24, 2.45) is 0 Å². The third-order valence-electron chi connectivity index (χ3n) is 3.56. The van der Waals surface area contributed by atoms with E-state index in [2.05, 4.69) is 22.5 Å². The molecule has 0 radical (unpaired) electrons. The molecule has 0 bridgehead atoms. The van der Waals surface area contributed by atoms with Gasteiger partial charge in [0.15, 0.2) is 0 Å². The summed E-state index contributed by atoms with van der Waals surface area (Å²) in [6, 6.07) is 10.5. The van der Waals surface area contributed by atoms with Crippen molar-refractivity contribution >= 4 is 17.6 Å². The molecule has 0 aliphatic heterocycles. The van der Waals surface area contributed by atoms with E-state index < -0.39 is 0 Å². The molecule has 1 aromatic carbocycles. The Morgan fingerprint density at radius 1 is 1.16 bits per heavy atom. The fourth-order valence-corrected chi connectivity index (χ4v) is 2.09. The average Bonchev–Trinajstić information content (AvgIpc) is 2.62. The Labute approximate surface area is 147 Å². The summed E-state index contributed by atoms with van der Waals surface area (Å²) >= 11 is 0. The van der Waals surface area contributed by atoms with Crippen molar-refractivity contribution in [3.8, 4) is 5.75 Å². The molecular weight excluding hydrogens is 318 g/mol. The van der Waals surface area contributed by atoms with E-state index in [-0.39, 0.29) is 18.4 Å². The van der Waals surface area contributed by atoms with Gasteiger partial charge in [-0.15, -0.1) is 0 Å². The first-order valence-electron chi connectivity index (χ1n) is 8.32. The SMILES string of the molecule is CCCCOc1ccc(C(=O)NCC(=O)Nc2ncccc2C)cc1. The van der Waals surface area contributed by atoms with Gasteiger partial charge >= 0.3 is 0 Å². The normalized spacial score (nSPS) is 10.2. The monoisotopic (exact) mass is 341 g/mol. The van der Waals surface area contributed by atoms with E-state index in [9.17, 15) is 9.59 Å². The number of nitrogens with one attached hydrogen (secondary N) is 2. The minimum absolute atomic E-state index is 0.121. The van der Waals surface area contributed by atoms with Crippen molar-refractivity contribution in [1.82, 2.24) is 10.3 Å². The van der Waals surface area contributed by atoms with Gasteiger partial charge in [0.2, 0.25) is 5.91 Å². The number of carbonyl (C=O) groups excluding carboxylic acids is 2. The van der Waals surface area contributed by atoms with Gasteiger partial charge in [-0.1, -0.05) is 19.4 Å². The Morgan fingerprint density at radius 2 is 1.92 bits per heavy atom. The summed E-state index contributed by atoms with van der Waals surface area (Å²) in [5.74, 6) is 0.589. The van der Waals surface area contributed by atoms with Crippen LogP contribution in [0, 0.1) is 6.92 Å². The summed E-state index contributed by atoms with van der Waals surface area (Å²) in [5.41, 5.74) is 1.34. The first-order valence-corrected chi connectivity index (χ1v) is 8.32. The zero-order valence-electron chi connectivity index (χ0n) is 14.5. The zero-order valence-corrected chi connectivity index (χ0v) is 14.5. The van der Waals surface area contributed by atoms with Gasteiger partial charge in [-0.05, 0) is 49.2 Å². The van der Waals surface area contributed by atoms with Crippen molar-refractivity contribution < 1.29 is 14.3 Å². The van der Waals surface area contributed by atoms with Crippen LogP contribution < -0.4 is 15.4 Å². The van der Waals surface area contributed by atoms with Crippen LogP contribution in [-0.4, -0.2) is 29.9 Å². The number of ether oxygens (including phenoxy) is 1. The number of aromatic nitrogens is 1. The minimum atomic E-state index is -0.324. The highest BCUT2D eigenvalue weighted by molar-refractivity contribution is 5.99. The molecule has 25 heavy (non-hydrogen) atoms. The van der Waals surface area contributed by atoms with Gasteiger partial charge in [0.1, 0.15) is 11.6 Å². The third kappa shape index (κ3) is 5.91. The lowest BCUT2D eigenvalue weighted by molar-refractivity contribution is -0.115. The molecule has 0 unspecified atom stereocenters. The molecule has 0 saturated heterocycles. The van der Waals surface area contributed by atoms with Crippen molar-refractivity contribution in [1.29, 1.82) is 0 Å². The Morgan fingerprint density at radius 3 is 2.60 bits per heavy atom. The Hall–Kier alpha value is -2.89. The van der Waals surface area contributed by atoms with E-state index in [4.69, 9.17) is 4.74 Å². The van der Waals surface area contributed by atoms with Gasteiger partial charge in [0.25, 0.3) is 5.91 Å². The van der Waals surface area contributed by atoms with E-state index in [1.54, 1.807) is 36.5 Å². The number of unbranched alkanes of at least 4 members (excludes halogenated alkanes) is 1. The molecule has 1 heterocycles. The van der Waals surface area contributed by atoms with E-state index in [1.807, 2.05) is 13.0 Å². The lowest BCUT2D eigenvalue weighted by Crippen LogP contribution is -2.33. The van der Waals surface area contributed by atoms with Gasteiger partial charge in [0, 0.05) is 11.8 Å². The highest BCUT2D eigenvalue weighted by atomic mass is 16.5. The predicted molar refractivity (Wildman–Crippen MR) is 96.8 cm³/mol. The zero-order chi connectivity index (χ0) is 18.1. The van der Waals surface area contributed by atoms with Gasteiger partial charge in [-0.2, -0.15) is 0 Å². The molecule has 132 valence electrons. The predicted octanol–water partition coefficient (Wildman–Crippen LogP) is 2.94. The lowest BCUT2D eigenvalue weighted by atomic mass is 10.2. The molecule has 2 amide bonds. The summed E-state index contributed by atoms with van der Waals surface area (Å²) in [6.07, 6.45) is 3.67. The van der Waals surface area contributed by atoms with Crippen LogP contribution in [0.15, 0.2) is 42.6 Å². The number of hydrogen-bond donors (Lipinski definition) is 2. The van der Waals surface area contributed by atoms with Gasteiger partial charge in [-0.25, -0.2) is 4.98 Å². The second kappa shape index (κ2) is 9.42. The van der Waals surface area contributed by atoms with Crippen LogP contribution in [0.3, 0.4) is 0 Å². The first kappa shape index (κ1) is 18.4. The molecule has 0 aliphatic rings. The second-order valence-corrected chi connectivity index (χ2v) is 5.63. The smallest absolute Gasteiger partial charge is 0.251 e. The molecule has 0 saturated carbocycles. The van der Waals surface area contributed by atoms with Gasteiger partial charge in [0.05, 0.1) is 13.2 Å². The summed E-state index contributed by atoms with van der Waals surface area (Å²) in [6.45, 7) is 4.49. The highest BCUT2D eigenvalue weighted by Crippen LogP contribution is 2.13. The van der Waals surface area contributed by atoms with Crippen LogP contribution >= 0.6 is 0 Å². The van der Waals surface area contributed by atoms with Crippen molar-refractivity contribution in [2.75, 3.05) is 18.5 Å². The molecule has 1 aromatic heterocycles. The molecule has 6 nitrogen and oxygen atoms in total. The van der Waals surface area contributed by atoms with E-state index in [0.29, 0.717) is 18.0 Å². The maximum absolute atomic E-state index is 12.1. The van der Waals surface area contributed by atoms with E-state index in [0.717, 1.165) is 24.2 Å². The van der Waals surface area contributed by atoms with Crippen molar-refractivity contribution in [3.05, 3.63) is 53.7 Å². The third-order valence-corrected chi connectivity index (χ3v) is 3.56. The first-order chi connectivity index (χ1) is 12.1. The fourth-order valence-electron chi connectivity index (χ4n) is 2.09. The molecule has 0 fully saturated rings. The van der Waals surface area contributed by atoms with E-state index >= 15 is 0 Å². The Bertz CT molecular complexity index is 714. The number of hydrogen-bond acceptors (Lipinski definition) is 4. The van der Waals surface area contributed by atoms with Crippen molar-refractivity contribution in [2.45, 2.75) is 26.7 Å². The average molecular weight is 341 g/mol. The Balaban J connectivity index is 1.81. The van der Waals surface area contributed by atoms with Crippen LogP contribution in [0.25, 0.3) is 0 Å². The minimum Gasteiger partial charge on any atom is -0.494 e. The maximum Gasteiger partial charge on any atom is 0.251 e. The van der Waals surface area contributed by atoms with Crippen LogP contribution in [0.5, 0.6) is 5.75 Å². The summed E-state index contributed by atoms with van der Waals surface area (Å²) in [4.78, 5) is 28.1. The molecular formula is C19H23N3O3.